The van der Waals surface area contributed by atoms with E-state index >= 15 is 0 Å². The molecule has 1 N–H and O–H groups in total. The van der Waals surface area contributed by atoms with Crippen LogP contribution in [0, 0.1) is 0 Å². The van der Waals surface area contributed by atoms with Crippen molar-refractivity contribution in [3.8, 4) is 5.75 Å². The number of hydrogen-bond acceptors (Lipinski definition) is 6. The maximum Gasteiger partial charge on any atom is 0.262 e. The van der Waals surface area contributed by atoms with Crippen LogP contribution >= 0.6 is 24.0 Å². The maximum atomic E-state index is 12.8. The highest BCUT2D eigenvalue weighted by molar-refractivity contribution is 8.23. The minimum Gasteiger partial charge on any atom is -0.477 e. The number of likely N-dealkylation sites (N-methyl/N-ethyl adjacent to an activating group) is 1. The van der Waals surface area contributed by atoms with E-state index < -0.39 is 6.10 Å². The zero-order chi connectivity index (χ0) is 20.1. The first-order chi connectivity index (χ1) is 13.5. The summed E-state index contributed by atoms with van der Waals surface area (Å²) in [5.41, 5.74) is 0.692. The molecule has 1 saturated heterocycles. The van der Waals surface area contributed by atoms with Crippen molar-refractivity contribution in [3.05, 3.63) is 24.3 Å². The smallest absolute Gasteiger partial charge is 0.262 e. The summed E-state index contributed by atoms with van der Waals surface area (Å²) in [6.07, 6.45) is 2.00. The first-order valence-corrected chi connectivity index (χ1v) is 10.7. The number of ether oxygens (including phenoxy) is 1. The molecule has 0 unspecified atom stereocenters. The van der Waals surface area contributed by atoms with E-state index in [9.17, 15) is 14.4 Å². The fourth-order valence-corrected chi connectivity index (χ4v) is 4.34. The third-order valence-electron chi connectivity index (χ3n) is 4.73. The van der Waals surface area contributed by atoms with E-state index in [-0.39, 0.29) is 24.3 Å². The molecular formula is C19H23N3O4S2. The van der Waals surface area contributed by atoms with Gasteiger partial charge in [0.05, 0.1) is 18.0 Å². The first-order valence-electron chi connectivity index (χ1n) is 9.26. The molecule has 150 valence electrons. The van der Waals surface area contributed by atoms with E-state index in [0.717, 1.165) is 12.8 Å². The van der Waals surface area contributed by atoms with Crippen molar-refractivity contribution in [2.45, 2.75) is 31.8 Å². The molecule has 2 aliphatic rings. The van der Waals surface area contributed by atoms with Crippen molar-refractivity contribution in [1.29, 1.82) is 0 Å². The lowest BCUT2D eigenvalue weighted by Gasteiger charge is -2.34. The summed E-state index contributed by atoms with van der Waals surface area (Å²) in [5.74, 6) is 0.746. The number of fused-ring (bicyclic) bond motifs is 1. The Hall–Kier alpha value is -2.13. The molecule has 2 heterocycles. The van der Waals surface area contributed by atoms with Gasteiger partial charge in [0.2, 0.25) is 11.8 Å². The highest BCUT2D eigenvalue weighted by atomic mass is 32.2. The second kappa shape index (κ2) is 9.38. The molecule has 1 aromatic rings. The Morgan fingerprint density at radius 1 is 1.29 bits per heavy atom. The van der Waals surface area contributed by atoms with Crippen molar-refractivity contribution in [1.82, 2.24) is 10.2 Å². The molecule has 9 heteroatoms. The number of thiocarbonyl (C=S) groups is 1. The van der Waals surface area contributed by atoms with Crippen LogP contribution in [0.5, 0.6) is 5.75 Å². The molecule has 0 aromatic heterocycles. The number of nitrogens with zero attached hydrogens (tertiary/aromatic N) is 2. The molecule has 0 aliphatic carbocycles. The molecule has 2 aliphatic heterocycles. The predicted octanol–water partition coefficient (Wildman–Crippen LogP) is 1.95. The van der Waals surface area contributed by atoms with Gasteiger partial charge in [0, 0.05) is 20.0 Å². The average molecular weight is 422 g/mol. The zero-order valence-electron chi connectivity index (χ0n) is 15.7. The number of amides is 3. The Labute approximate surface area is 173 Å². The van der Waals surface area contributed by atoms with E-state index in [2.05, 4.69) is 5.32 Å². The molecular weight excluding hydrogens is 398 g/mol. The number of rotatable bonds is 7. The van der Waals surface area contributed by atoms with E-state index in [0.29, 0.717) is 40.9 Å². The number of para-hydroxylation sites is 2. The fourth-order valence-electron chi connectivity index (χ4n) is 3.22. The number of anilines is 1. The van der Waals surface area contributed by atoms with Crippen molar-refractivity contribution >= 4 is 51.7 Å². The van der Waals surface area contributed by atoms with Gasteiger partial charge in [-0.15, -0.1) is 0 Å². The van der Waals surface area contributed by atoms with Gasteiger partial charge in [0.15, 0.2) is 6.10 Å². The van der Waals surface area contributed by atoms with Crippen LogP contribution < -0.4 is 15.0 Å². The van der Waals surface area contributed by atoms with Gasteiger partial charge in [0.25, 0.3) is 5.91 Å². The number of hydrogen-bond donors (Lipinski definition) is 1. The molecule has 0 radical (unpaired) electrons. The molecule has 1 aromatic carbocycles. The van der Waals surface area contributed by atoms with Crippen LogP contribution in [0.2, 0.25) is 0 Å². The predicted molar refractivity (Wildman–Crippen MR) is 113 cm³/mol. The Morgan fingerprint density at radius 3 is 2.79 bits per heavy atom. The highest BCUT2D eigenvalue weighted by Gasteiger charge is 2.33. The number of unbranched alkanes of at least 4 members (excludes halogenated alkanes) is 2. The van der Waals surface area contributed by atoms with Gasteiger partial charge in [-0.05, 0) is 25.0 Å². The van der Waals surface area contributed by atoms with Crippen LogP contribution in [0.3, 0.4) is 0 Å². The van der Waals surface area contributed by atoms with Crippen LogP contribution in [0.15, 0.2) is 24.3 Å². The van der Waals surface area contributed by atoms with Crippen molar-refractivity contribution in [3.63, 3.8) is 0 Å². The summed E-state index contributed by atoms with van der Waals surface area (Å²) in [6, 6.07) is 7.25. The van der Waals surface area contributed by atoms with Crippen molar-refractivity contribution in [2.75, 3.05) is 30.8 Å². The third-order valence-corrected chi connectivity index (χ3v) is 6.16. The molecule has 0 saturated carbocycles. The van der Waals surface area contributed by atoms with Crippen LogP contribution in [0.25, 0.3) is 0 Å². The lowest BCUT2D eigenvalue weighted by molar-refractivity contribution is -0.128. The standard InChI is InChI=1S/C19H23N3O4S2/c1-20-18(25)15-11-22(13-7-4-5-8-14(13)26-15)16(23)9-3-2-6-10-21-17(24)12-28-19(21)27/h4-5,7-8,15H,2-3,6,9-12H2,1H3,(H,20,25)/t15-/m0/s1. The van der Waals surface area contributed by atoms with Crippen LogP contribution in [0.4, 0.5) is 5.69 Å². The third kappa shape index (κ3) is 4.64. The Kier molecular flexibility index (Phi) is 6.90. The van der Waals surface area contributed by atoms with Gasteiger partial charge in [-0.25, -0.2) is 0 Å². The monoisotopic (exact) mass is 421 g/mol. The fraction of sp³-hybridized carbons (Fsp3) is 0.474. The van der Waals surface area contributed by atoms with E-state index in [1.807, 2.05) is 18.2 Å². The maximum absolute atomic E-state index is 12.8. The van der Waals surface area contributed by atoms with Crippen molar-refractivity contribution in [2.24, 2.45) is 0 Å². The molecule has 1 fully saturated rings. The molecule has 0 spiro atoms. The Balaban J connectivity index is 1.52. The van der Waals surface area contributed by atoms with Gasteiger partial charge in [-0.1, -0.05) is 42.5 Å². The number of carbonyl (C=O) groups excluding carboxylic acids is 3. The summed E-state index contributed by atoms with van der Waals surface area (Å²) in [5, 5.41) is 2.57. The molecule has 1 atom stereocenters. The second-order valence-corrected chi connectivity index (χ2v) is 8.21. The van der Waals surface area contributed by atoms with Gasteiger partial charge in [0.1, 0.15) is 10.1 Å². The summed E-state index contributed by atoms with van der Waals surface area (Å²) >= 11 is 6.57. The van der Waals surface area contributed by atoms with Gasteiger partial charge in [-0.2, -0.15) is 0 Å². The minimum atomic E-state index is -0.719. The van der Waals surface area contributed by atoms with Crippen LogP contribution in [0.1, 0.15) is 25.7 Å². The summed E-state index contributed by atoms with van der Waals surface area (Å²) in [4.78, 5) is 39.8. The van der Waals surface area contributed by atoms with Gasteiger partial charge < -0.3 is 15.0 Å². The minimum absolute atomic E-state index is 0.0343. The quantitative estimate of drug-likeness (QED) is 0.536. The number of carbonyl (C=O) groups is 3. The zero-order valence-corrected chi connectivity index (χ0v) is 17.3. The van der Waals surface area contributed by atoms with Crippen molar-refractivity contribution < 1.29 is 19.1 Å². The number of thioether (sulfide) groups is 1. The van der Waals surface area contributed by atoms with Crippen LogP contribution in [-0.4, -0.2) is 58.9 Å². The molecule has 28 heavy (non-hydrogen) atoms. The van der Waals surface area contributed by atoms with Gasteiger partial charge in [-0.3, -0.25) is 19.3 Å². The Bertz CT molecular complexity index is 770. The van der Waals surface area contributed by atoms with Crippen LogP contribution in [-0.2, 0) is 14.4 Å². The second-order valence-electron chi connectivity index (χ2n) is 6.60. The molecule has 0 bridgehead atoms. The average Bonchev–Trinajstić information content (AvgIpc) is 3.03. The molecule has 7 nitrogen and oxygen atoms in total. The summed E-state index contributed by atoms with van der Waals surface area (Å²) in [7, 11) is 1.55. The highest BCUT2D eigenvalue weighted by Crippen LogP contribution is 2.33. The number of nitrogens with one attached hydrogen (secondary N) is 1. The Morgan fingerprint density at radius 2 is 2.07 bits per heavy atom. The first kappa shape index (κ1) is 20.6. The topological polar surface area (TPSA) is 79.0 Å². The largest absolute Gasteiger partial charge is 0.477 e. The van der Waals surface area contributed by atoms with E-state index in [4.69, 9.17) is 17.0 Å². The number of benzene rings is 1. The lowest BCUT2D eigenvalue weighted by atomic mass is 10.1. The molecule has 3 amide bonds. The van der Waals surface area contributed by atoms with E-state index in [1.54, 1.807) is 22.9 Å². The summed E-state index contributed by atoms with van der Waals surface area (Å²) < 4.78 is 6.37. The summed E-state index contributed by atoms with van der Waals surface area (Å²) in [6.45, 7) is 0.807. The molecule has 3 rings (SSSR count). The van der Waals surface area contributed by atoms with E-state index in [1.165, 1.54) is 11.8 Å². The normalized spacial score (nSPS) is 18.7. The SMILES string of the molecule is CNC(=O)[C@@H]1CN(C(=O)CCCCCN2C(=O)CSC2=S)c2ccccc2O1. The lowest BCUT2D eigenvalue weighted by Crippen LogP contribution is -2.50. The van der Waals surface area contributed by atoms with Gasteiger partial charge >= 0.3 is 0 Å².